The zero-order valence-electron chi connectivity index (χ0n) is 20.7. The van der Waals surface area contributed by atoms with Gasteiger partial charge in [-0.1, -0.05) is 51.1 Å². The number of amides is 1. The van der Waals surface area contributed by atoms with Crippen molar-refractivity contribution in [1.82, 2.24) is 5.32 Å². The number of carbonyl (C=O) groups is 1. The molecule has 0 fully saturated rings. The van der Waals surface area contributed by atoms with E-state index in [1.165, 1.54) is 0 Å². The average molecular weight is 454 g/mol. The van der Waals surface area contributed by atoms with E-state index in [0.29, 0.717) is 26.1 Å². The lowest BCUT2D eigenvalue weighted by atomic mass is 10.1. The smallest absolute Gasteiger partial charge is 0.407 e. The predicted octanol–water partition coefficient (Wildman–Crippen LogP) is 5.26. The molecule has 1 aromatic rings. The molecule has 6 nitrogen and oxygen atoms in total. The highest BCUT2D eigenvalue weighted by Gasteiger charge is 2.39. The first-order valence-electron chi connectivity index (χ1n) is 11.1. The Kier molecular flexibility index (Phi) is 10.7. The van der Waals surface area contributed by atoms with Crippen LogP contribution in [-0.4, -0.2) is 50.5 Å². The zero-order chi connectivity index (χ0) is 23.7. The third-order valence-electron chi connectivity index (χ3n) is 5.46. The number of aliphatic hydroxyl groups is 1. The van der Waals surface area contributed by atoms with E-state index in [1.54, 1.807) is 0 Å². The molecule has 0 saturated carbocycles. The summed E-state index contributed by atoms with van der Waals surface area (Å²) in [4.78, 5) is 12.1. The largest absolute Gasteiger partial charge is 0.444 e. The molecule has 2 N–H and O–H groups in total. The van der Waals surface area contributed by atoms with Crippen LogP contribution in [0.25, 0.3) is 0 Å². The predicted molar refractivity (Wildman–Crippen MR) is 128 cm³/mol. The van der Waals surface area contributed by atoms with Gasteiger partial charge in [-0.15, -0.1) is 0 Å². The molecule has 0 aliphatic heterocycles. The van der Waals surface area contributed by atoms with Crippen LogP contribution in [0, 0.1) is 0 Å². The number of rotatable bonds is 11. The van der Waals surface area contributed by atoms with Gasteiger partial charge in [0.05, 0.1) is 32.0 Å². The van der Waals surface area contributed by atoms with E-state index in [0.717, 1.165) is 5.56 Å². The fourth-order valence-electron chi connectivity index (χ4n) is 2.72. The molecule has 0 aliphatic carbocycles. The highest BCUT2D eigenvalue weighted by Crippen LogP contribution is 2.37. The molecule has 1 rings (SSSR count). The quantitative estimate of drug-likeness (QED) is 0.447. The van der Waals surface area contributed by atoms with Crippen LogP contribution in [0.15, 0.2) is 30.3 Å². The van der Waals surface area contributed by atoms with Crippen molar-refractivity contribution in [2.24, 2.45) is 0 Å². The van der Waals surface area contributed by atoms with Crippen LogP contribution < -0.4 is 5.32 Å². The minimum absolute atomic E-state index is 0.0792. The van der Waals surface area contributed by atoms with Crippen LogP contribution in [0.5, 0.6) is 0 Å². The van der Waals surface area contributed by atoms with E-state index in [9.17, 15) is 9.90 Å². The van der Waals surface area contributed by atoms with Crippen molar-refractivity contribution in [1.29, 1.82) is 0 Å². The summed E-state index contributed by atoms with van der Waals surface area (Å²) in [5.41, 5.74) is 0.539. The highest BCUT2D eigenvalue weighted by atomic mass is 28.4. The van der Waals surface area contributed by atoms with Crippen molar-refractivity contribution in [3.05, 3.63) is 35.9 Å². The minimum atomic E-state index is -2.00. The Bertz CT molecular complexity index is 652. The molecule has 178 valence electrons. The zero-order valence-corrected chi connectivity index (χ0v) is 21.7. The molecule has 0 unspecified atom stereocenters. The lowest BCUT2D eigenvalue weighted by Crippen LogP contribution is -2.46. The molecule has 0 bridgehead atoms. The Balaban J connectivity index is 2.71. The summed E-state index contributed by atoms with van der Waals surface area (Å²) in [6, 6.07) is 9.66. The highest BCUT2D eigenvalue weighted by molar-refractivity contribution is 6.74. The summed E-state index contributed by atoms with van der Waals surface area (Å²) < 4.78 is 17.9. The summed E-state index contributed by atoms with van der Waals surface area (Å²) in [5, 5.41) is 12.6. The Morgan fingerprint density at radius 3 is 2.19 bits per heavy atom. The number of hydrogen-bond donors (Lipinski definition) is 2. The standard InChI is InChI=1S/C24H43NO5Si/c1-23(2,3)29-22(27)25-20(16-26)14-15-21(30-31(7,8)24(4,5)6)18-28-17-19-12-10-9-11-13-19/h9-13,20-21,26H,14-18H2,1-8H3,(H,25,27)/t20-,21-/m0/s1. The van der Waals surface area contributed by atoms with Gasteiger partial charge in [-0.05, 0) is 57.3 Å². The maximum absolute atomic E-state index is 12.1. The van der Waals surface area contributed by atoms with Crippen LogP contribution in [0.4, 0.5) is 4.79 Å². The summed E-state index contributed by atoms with van der Waals surface area (Å²) in [7, 11) is -2.00. The molecular weight excluding hydrogens is 410 g/mol. The molecule has 0 aliphatic rings. The van der Waals surface area contributed by atoms with E-state index < -0.39 is 26.1 Å². The van der Waals surface area contributed by atoms with Crippen LogP contribution in [0.1, 0.15) is 59.9 Å². The first kappa shape index (κ1) is 27.6. The van der Waals surface area contributed by atoms with Gasteiger partial charge in [-0.2, -0.15) is 0 Å². The summed E-state index contributed by atoms with van der Waals surface area (Å²) in [6.07, 6.45) is 0.610. The van der Waals surface area contributed by atoms with E-state index in [1.807, 2.05) is 51.1 Å². The fraction of sp³-hybridized carbons (Fsp3) is 0.708. The Labute approximate surface area is 189 Å². The molecule has 0 saturated heterocycles. The average Bonchev–Trinajstić information content (AvgIpc) is 2.63. The fourth-order valence-corrected chi connectivity index (χ4v) is 4.10. The van der Waals surface area contributed by atoms with Crippen molar-refractivity contribution >= 4 is 14.4 Å². The second-order valence-corrected chi connectivity index (χ2v) is 15.4. The number of nitrogens with one attached hydrogen (secondary N) is 1. The molecule has 1 amide bonds. The van der Waals surface area contributed by atoms with Gasteiger partial charge in [-0.3, -0.25) is 0 Å². The van der Waals surface area contributed by atoms with Gasteiger partial charge < -0.3 is 24.3 Å². The maximum atomic E-state index is 12.1. The van der Waals surface area contributed by atoms with Gasteiger partial charge in [0.2, 0.25) is 0 Å². The molecule has 2 atom stereocenters. The number of carbonyl (C=O) groups excluding carboxylic acids is 1. The van der Waals surface area contributed by atoms with E-state index in [2.05, 4.69) is 39.2 Å². The topological polar surface area (TPSA) is 77.0 Å². The second-order valence-electron chi connectivity index (χ2n) is 10.6. The Morgan fingerprint density at radius 1 is 1.06 bits per heavy atom. The molecular formula is C24H43NO5Si. The molecule has 0 spiro atoms. The number of hydrogen-bond acceptors (Lipinski definition) is 5. The normalized spacial score (nSPS) is 14.7. The first-order chi connectivity index (χ1) is 14.2. The summed E-state index contributed by atoms with van der Waals surface area (Å²) >= 11 is 0. The molecule has 0 aromatic heterocycles. The SMILES string of the molecule is CC(C)(C)OC(=O)N[C@H](CO)CC[C@@H](COCc1ccccc1)O[Si](C)(C)C(C)(C)C. The van der Waals surface area contributed by atoms with Crippen LogP contribution in [0.2, 0.25) is 18.1 Å². The molecule has 1 aromatic carbocycles. The third kappa shape index (κ3) is 11.1. The van der Waals surface area contributed by atoms with Gasteiger partial charge in [0, 0.05) is 0 Å². The van der Waals surface area contributed by atoms with Gasteiger partial charge in [0.1, 0.15) is 5.60 Å². The van der Waals surface area contributed by atoms with E-state index in [4.69, 9.17) is 13.9 Å². The van der Waals surface area contributed by atoms with Crippen molar-refractivity contribution < 1.29 is 23.8 Å². The van der Waals surface area contributed by atoms with Gasteiger partial charge in [-0.25, -0.2) is 4.79 Å². The molecule has 31 heavy (non-hydrogen) atoms. The summed E-state index contributed by atoms with van der Waals surface area (Å²) in [6.45, 7) is 17.3. The van der Waals surface area contributed by atoms with Crippen molar-refractivity contribution in [2.45, 2.75) is 96.9 Å². The number of aliphatic hydroxyl groups excluding tert-OH is 1. The van der Waals surface area contributed by atoms with Crippen LogP contribution >= 0.6 is 0 Å². The van der Waals surface area contributed by atoms with Crippen molar-refractivity contribution in [3.63, 3.8) is 0 Å². The van der Waals surface area contributed by atoms with Gasteiger partial charge in [0.25, 0.3) is 0 Å². The molecule has 7 heteroatoms. The van der Waals surface area contributed by atoms with E-state index in [-0.39, 0.29) is 17.7 Å². The Hall–Kier alpha value is -1.41. The van der Waals surface area contributed by atoms with Crippen molar-refractivity contribution in [2.75, 3.05) is 13.2 Å². The second kappa shape index (κ2) is 12.0. The maximum Gasteiger partial charge on any atom is 0.407 e. The number of benzene rings is 1. The minimum Gasteiger partial charge on any atom is -0.444 e. The third-order valence-corrected chi connectivity index (χ3v) is 10.00. The number of alkyl carbamates (subject to hydrolysis) is 1. The van der Waals surface area contributed by atoms with Crippen LogP contribution in [-0.2, 0) is 20.5 Å². The van der Waals surface area contributed by atoms with Crippen LogP contribution in [0.3, 0.4) is 0 Å². The van der Waals surface area contributed by atoms with E-state index >= 15 is 0 Å². The van der Waals surface area contributed by atoms with Gasteiger partial charge in [0.15, 0.2) is 8.32 Å². The lowest BCUT2D eigenvalue weighted by Gasteiger charge is -2.39. The number of ether oxygens (including phenoxy) is 2. The molecule has 0 radical (unpaired) electrons. The van der Waals surface area contributed by atoms with Crippen molar-refractivity contribution in [3.8, 4) is 0 Å². The Morgan fingerprint density at radius 2 is 1.68 bits per heavy atom. The lowest BCUT2D eigenvalue weighted by molar-refractivity contribution is 0.0256. The van der Waals surface area contributed by atoms with Gasteiger partial charge >= 0.3 is 6.09 Å². The monoisotopic (exact) mass is 453 g/mol. The first-order valence-corrected chi connectivity index (χ1v) is 14.0. The molecule has 0 heterocycles. The summed E-state index contributed by atoms with van der Waals surface area (Å²) in [5.74, 6) is 0.